The fourth-order valence-corrected chi connectivity index (χ4v) is 5.41. The average Bonchev–Trinajstić information content (AvgIpc) is 3.06. The third kappa shape index (κ3) is 6.33. The first-order valence-corrected chi connectivity index (χ1v) is 12.9. The third-order valence-corrected chi connectivity index (χ3v) is 7.57. The van der Waals surface area contributed by atoms with Crippen molar-refractivity contribution >= 4 is 40.7 Å². The molecule has 2 aromatic rings. The molecule has 0 radical (unpaired) electrons. The molecule has 6 N–H and O–H groups in total. The van der Waals surface area contributed by atoms with E-state index in [-0.39, 0.29) is 39.9 Å². The monoisotopic (exact) mass is 559 g/mol. The van der Waals surface area contributed by atoms with E-state index in [1.54, 1.807) is 30.3 Å². The summed E-state index contributed by atoms with van der Waals surface area (Å²) in [4.78, 5) is 13.5. The number of benzene rings is 2. The average molecular weight is 561 g/mol. The third-order valence-electron chi connectivity index (χ3n) is 6.59. The Hall–Kier alpha value is -1.45. The highest BCUT2D eigenvalue weighted by Gasteiger charge is 2.57. The number of carbonyl (C=O) groups is 1. The summed E-state index contributed by atoms with van der Waals surface area (Å²) >= 11 is 18.6. The van der Waals surface area contributed by atoms with Crippen molar-refractivity contribution in [3.05, 3.63) is 68.4 Å². The van der Waals surface area contributed by atoms with Crippen molar-refractivity contribution in [1.82, 2.24) is 10.6 Å². The molecule has 0 aromatic heterocycles. The summed E-state index contributed by atoms with van der Waals surface area (Å²) in [5, 5.41) is 25.8. The van der Waals surface area contributed by atoms with Crippen LogP contribution in [0.5, 0.6) is 0 Å². The topological polar surface area (TPSA) is 108 Å². The molecule has 1 aliphatic heterocycles. The van der Waals surface area contributed by atoms with E-state index in [0.29, 0.717) is 17.0 Å². The molecule has 1 fully saturated rings. The van der Waals surface area contributed by atoms with Gasteiger partial charge in [0.05, 0.1) is 34.3 Å². The number of carbonyl (C=O) groups excluding carboxylic acids is 1. The van der Waals surface area contributed by atoms with Crippen LogP contribution in [0.3, 0.4) is 0 Å². The second kappa shape index (κ2) is 11.5. The Morgan fingerprint density at radius 2 is 1.89 bits per heavy atom. The number of hydrogen-bond donors (Lipinski definition) is 5. The Morgan fingerprint density at radius 1 is 1.19 bits per heavy atom. The lowest BCUT2D eigenvalue weighted by Crippen LogP contribution is -2.52. The van der Waals surface area contributed by atoms with Gasteiger partial charge >= 0.3 is 0 Å². The Kier molecular flexibility index (Phi) is 9.31. The highest BCUT2D eigenvalue weighted by molar-refractivity contribution is 6.42. The summed E-state index contributed by atoms with van der Waals surface area (Å²) in [6.07, 6.45) is -0.230. The van der Waals surface area contributed by atoms with E-state index in [1.165, 1.54) is 6.07 Å². The van der Waals surface area contributed by atoms with Gasteiger partial charge < -0.3 is 26.6 Å². The van der Waals surface area contributed by atoms with Crippen LogP contribution in [0.2, 0.25) is 15.1 Å². The minimum Gasteiger partial charge on any atom is -0.394 e. The lowest BCUT2D eigenvalue weighted by Gasteiger charge is -2.40. The fourth-order valence-electron chi connectivity index (χ4n) is 4.94. The zero-order chi connectivity index (χ0) is 26.8. The van der Waals surface area contributed by atoms with Crippen molar-refractivity contribution in [2.45, 2.75) is 63.3 Å². The van der Waals surface area contributed by atoms with Crippen LogP contribution in [0.15, 0.2) is 36.4 Å². The summed E-state index contributed by atoms with van der Waals surface area (Å²) in [6.45, 7) is 5.88. The normalized spacial score (nSPS) is 25.1. The molecule has 0 aliphatic carbocycles. The highest BCUT2D eigenvalue weighted by atomic mass is 35.5. The van der Waals surface area contributed by atoms with Crippen molar-refractivity contribution in [1.29, 1.82) is 0 Å². The van der Waals surface area contributed by atoms with E-state index in [2.05, 4.69) is 10.6 Å². The quantitative estimate of drug-likeness (QED) is 0.330. The molecule has 2 aromatic carbocycles. The number of nitrogens with two attached hydrogens (primary N) is 1. The molecule has 198 valence electrons. The maximum Gasteiger partial charge on any atom is 0.237 e. The summed E-state index contributed by atoms with van der Waals surface area (Å²) in [6, 6.07) is 8.05. The Morgan fingerprint density at radius 3 is 2.47 bits per heavy atom. The van der Waals surface area contributed by atoms with Gasteiger partial charge in [0.25, 0.3) is 0 Å². The van der Waals surface area contributed by atoms with E-state index < -0.39 is 42.1 Å². The van der Waals surface area contributed by atoms with E-state index in [0.717, 1.165) is 0 Å². The predicted molar refractivity (Wildman–Crippen MR) is 142 cm³/mol. The molecule has 10 heteroatoms. The Balaban J connectivity index is 2.15. The Labute approximate surface area is 226 Å². The number of hydrogen-bond acceptors (Lipinski definition) is 5. The molecule has 6 nitrogen and oxygen atoms in total. The number of rotatable bonds is 8. The summed E-state index contributed by atoms with van der Waals surface area (Å²) in [5.74, 6) is -1.65. The molecule has 0 saturated carbocycles. The van der Waals surface area contributed by atoms with Crippen LogP contribution in [0.25, 0.3) is 0 Å². The van der Waals surface area contributed by atoms with Gasteiger partial charge in [0.2, 0.25) is 5.91 Å². The molecule has 36 heavy (non-hydrogen) atoms. The molecule has 3 rings (SSSR count). The number of halogens is 4. The predicted octanol–water partition coefficient (Wildman–Crippen LogP) is 4.36. The lowest BCUT2D eigenvalue weighted by molar-refractivity contribution is -0.123. The van der Waals surface area contributed by atoms with Crippen LogP contribution < -0.4 is 16.4 Å². The van der Waals surface area contributed by atoms with Crippen LogP contribution in [0.1, 0.15) is 50.7 Å². The van der Waals surface area contributed by atoms with Crippen LogP contribution >= 0.6 is 34.8 Å². The first-order valence-electron chi connectivity index (χ1n) is 11.8. The molecule has 1 aliphatic rings. The largest absolute Gasteiger partial charge is 0.394 e. The van der Waals surface area contributed by atoms with E-state index in [1.807, 2.05) is 20.8 Å². The zero-order valence-corrected chi connectivity index (χ0v) is 22.8. The van der Waals surface area contributed by atoms with Crippen LogP contribution in [0, 0.1) is 11.2 Å². The molecule has 1 saturated heterocycles. The van der Waals surface area contributed by atoms with Crippen molar-refractivity contribution in [2.75, 3.05) is 13.2 Å². The fraction of sp³-hybridized carbons (Fsp3) is 0.500. The minimum atomic E-state index is -1.36. The van der Waals surface area contributed by atoms with Crippen molar-refractivity contribution in [3.63, 3.8) is 0 Å². The molecule has 0 bridgehead atoms. The standard InChI is InChI=1S/C26H33Cl3FN3O3/c1-25(2,3)12-21-26(31,17-6-5-15(27)11-20(17)30)22(14-4-7-18(28)19(29)10-14)23(33-21)24(36)32-9-8-16(35)13-34/h4-7,10-11,16,21-23,33-35H,8-9,12-13,31H2,1-3H3,(H,32,36)/t16-,21-,22-,23+,26+/m0/s1. The molecule has 1 heterocycles. The second-order valence-electron chi connectivity index (χ2n) is 10.6. The van der Waals surface area contributed by atoms with Crippen LogP contribution in [0.4, 0.5) is 4.39 Å². The van der Waals surface area contributed by atoms with Gasteiger partial charge in [-0.15, -0.1) is 0 Å². The maximum atomic E-state index is 15.5. The molecule has 0 spiro atoms. The first-order chi connectivity index (χ1) is 16.8. The second-order valence-corrected chi connectivity index (χ2v) is 11.8. The van der Waals surface area contributed by atoms with E-state index >= 15 is 4.39 Å². The van der Waals surface area contributed by atoms with Gasteiger partial charge in [0.1, 0.15) is 5.82 Å². The van der Waals surface area contributed by atoms with E-state index in [9.17, 15) is 9.90 Å². The lowest BCUT2D eigenvalue weighted by atomic mass is 9.68. The number of amides is 1. The Bertz CT molecular complexity index is 1100. The zero-order valence-electron chi connectivity index (χ0n) is 20.5. The summed E-state index contributed by atoms with van der Waals surface area (Å²) in [7, 11) is 0. The summed E-state index contributed by atoms with van der Waals surface area (Å²) < 4.78 is 15.5. The number of aliphatic hydroxyl groups is 2. The molecule has 1 amide bonds. The van der Waals surface area contributed by atoms with Gasteiger partial charge in [-0.1, -0.05) is 67.7 Å². The van der Waals surface area contributed by atoms with E-state index in [4.69, 9.17) is 45.6 Å². The number of aliphatic hydroxyl groups excluding tert-OH is 2. The van der Waals surface area contributed by atoms with Crippen molar-refractivity contribution in [2.24, 2.45) is 11.1 Å². The maximum absolute atomic E-state index is 15.5. The molecular weight excluding hydrogens is 528 g/mol. The smallest absolute Gasteiger partial charge is 0.237 e. The van der Waals surface area contributed by atoms with Gasteiger partial charge in [-0.2, -0.15) is 0 Å². The number of nitrogens with one attached hydrogen (secondary N) is 2. The summed E-state index contributed by atoms with van der Waals surface area (Å²) in [5.41, 5.74) is 6.50. The molecule has 5 atom stereocenters. The highest BCUT2D eigenvalue weighted by Crippen LogP contribution is 2.49. The van der Waals surface area contributed by atoms with Crippen molar-refractivity contribution in [3.8, 4) is 0 Å². The SMILES string of the molecule is CC(C)(C)C[C@@H]1N[C@@H](C(=O)NCC[C@H](O)CO)[C@H](c2ccc(Cl)c(Cl)c2)[C@@]1(N)c1ccc(Cl)cc1F. The van der Waals surface area contributed by atoms with Crippen LogP contribution in [-0.4, -0.2) is 47.5 Å². The van der Waals surface area contributed by atoms with Gasteiger partial charge in [0.15, 0.2) is 0 Å². The van der Waals surface area contributed by atoms with Gasteiger partial charge in [-0.05, 0) is 48.1 Å². The van der Waals surface area contributed by atoms with Crippen molar-refractivity contribution < 1.29 is 19.4 Å². The minimum absolute atomic E-state index is 0.143. The van der Waals surface area contributed by atoms with Gasteiger partial charge in [-0.3, -0.25) is 4.79 Å². The van der Waals surface area contributed by atoms with Gasteiger partial charge in [-0.25, -0.2) is 4.39 Å². The molecule has 0 unspecified atom stereocenters. The van der Waals surface area contributed by atoms with Crippen LogP contribution in [-0.2, 0) is 10.3 Å². The first kappa shape index (κ1) is 29.1. The molecular formula is C26H33Cl3FN3O3. The van der Waals surface area contributed by atoms with Gasteiger partial charge in [0, 0.05) is 29.1 Å².